The van der Waals surface area contributed by atoms with Crippen LogP contribution in [0.25, 0.3) is 5.82 Å². The van der Waals surface area contributed by atoms with Crippen molar-refractivity contribution in [2.45, 2.75) is 0 Å². The van der Waals surface area contributed by atoms with Gasteiger partial charge < -0.3 is 15.0 Å². The van der Waals surface area contributed by atoms with E-state index in [0.717, 1.165) is 0 Å². The van der Waals surface area contributed by atoms with Crippen LogP contribution in [0.2, 0.25) is 0 Å². The number of carbonyl (C=O) groups excluding carboxylic acids is 1. The van der Waals surface area contributed by atoms with E-state index >= 15 is 0 Å². The summed E-state index contributed by atoms with van der Waals surface area (Å²) in [5.41, 5.74) is 0.137. The zero-order valence-corrected chi connectivity index (χ0v) is 18.2. The summed E-state index contributed by atoms with van der Waals surface area (Å²) in [6, 6.07) is 5.49. The van der Waals surface area contributed by atoms with Crippen LogP contribution in [0.15, 0.2) is 59.4 Å². The Kier molecular flexibility index (Phi) is 6.07. The SMILES string of the molecule is COC(=O)c1cnn(-c2cnccn2)c1N=Nc1sc(N(C)C)nc1Nc1ccccn1. The molecule has 0 aromatic carbocycles. The molecular weight excluding hydrogens is 432 g/mol. The van der Waals surface area contributed by atoms with Crippen molar-refractivity contribution in [2.75, 3.05) is 31.4 Å². The second-order valence-electron chi connectivity index (χ2n) is 6.43. The van der Waals surface area contributed by atoms with Gasteiger partial charge in [-0.15, -0.1) is 10.2 Å². The number of ether oxygens (including phenoxy) is 1. The maximum atomic E-state index is 12.2. The van der Waals surface area contributed by atoms with E-state index in [1.165, 1.54) is 47.9 Å². The minimum absolute atomic E-state index is 0.137. The van der Waals surface area contributed by atoms with Crippen LogP contribution in [-0.2, 0) is 4.74 Å². The lowest BCUT2D eigenvalue weighted by atomic mass is 10.3. The molecule has 4 aromatic rings. The molecule has 0 amide bonds. The van der Waals surface area contributed by atoms with Gasteiger partial charge in [0.25, 0.3) is 0 Å². The van der Waals surface area contributed by atoms with E-state index in [2.05, 4.69) is 40.6 Å². The van der Waals surface area contributed by atoms with Crippen molar-refractivity contribution < 1.29 is 9.53 Å². The number of nitrogens with zero attached hydrogens (tertiary/aromatic N) is 9. The monoisotopic (exact) mass is 450 g/mol. The molecule has 0 aliphatic rings. The van der Waals surface area contributed by atoms with Gasteiger partial charge in [0.05, 0.1) is 19.5 Å². The number of anilines is 3. The van der Waals surface area contributed by atoms with Crippen LogP contribution >= 0.6 is 11.3 Å². The van der Waals surface area contributed by atoms with Crippen molar-refractivity contribution >= 4 is 44.9 Å². The van der Waals surface area contributed by atoms with Crippen LogP contribution in [0.4, 0.5) is 27.6 Å². The molecule has 1 N–H and O–H groups in total. The lowest BCUT2D eigenvalue weighted by Crippen LogP contribution is -2.07. The fraction of sp³-hybridized carbons (Fsp3) is 0.158. The number of thiazole rings is 1. The molecule has 0 spiro atoms. The van der Waals surface area contributed by atoms with Gasteiger partial charge in [-0.05, 0) is 12.1 Å². The zero-order chi connectivity index (χ0) is 22.5. The quantitative estimate of drug-likeness (QED) is 0.331. The van der Waals surface area contributed by atoms with Crippen molar-refractivity contribution in [3.05, 3.63) is 54.7 Å². The molecule has 0 aliphatic heterocycles. The minimum Gasteiger partial charge on any atom is -0.465 e. The lowest BCUT2D eigenvalue weighted by molar-refractivity contribution is 0.0601. The Labute approximate surface area is 186 Å². The summed E-state index contributed by atoms with van der Waals surface area (Å²) in [5.74, 6) is 1.02. The summed E-state index contributed by atoms with van der Waals surface area (Å²) in [6.07, 6.45) is 7.56. The van der Waals surface area contributed by atoms with Gasteiger partial charge in [-0.25, -0.2) is 19.7 Å². The predicted octanol–water partition coefficient (Wildman–Crippen LogP) is 3.53. The van der Waals surface area contributed by atoms with Gasteiger partial charge in [-0.3, -0.25) is 4.98 Å². The second-order valence-corrected chi connectivity index (χ2v) is 7.39. The molecule has 4 heterocycles. The van der Waals surface area contributed by atoms with Crippen LogP contribution in [-0.4, -0.2) is 56.9 Å². The third-order valence-corrected chi connectivity index (χ3v) is 5.15. The Bertz CT molecular complexity index is 1240. The third-order valence-electron chi connectivity index (χ3n) is 4.04. The average molecular weight is 450 g/mol. The Morgan fingerprint density at radius 1 is 1.16 bits per heavy atom. The molecule has 13 heteroatoms. The Hall–Kier alpha value is -4.26. The molecule has 12 nitrogen and oxygen atoms in total. The van der Waals surface area contributed by atoms with E-state index in [-0.39, 0.29) is 11.4 Å². The van der Waals surface area contributed by atoms with Gasteiger partial charge in [0.2, 0.25) is 0 Å². The second kappa shape index (κ2) is 9.26. The number of pyridine rings is 1. The van der Waals surface area contributed by atoms with Gasteiger partial charge in [-0.1, -0.05) is 17.4 Å². The average Bonchev–Trinajstić information content (AvgIpc) is 3.42. The number of carbonyl (C=O) groups is 1. The van der Waals surface area contributed by atoms with Gasteiger partial charge in [0.15, 0.2) is 27.6 Å². The molecule has 4 aromatic heterocycles. The van der Waals surface area contributed by atoms with Gasteiger partial charge in [0.1, 0.15) is 11.4 Å². The van der Waals surface area contributed by atoms with Crippen LogP contribution < -0.4 is 10.2 Å². The smallest absolute Gasteiger partial charge is 0.343 e. The zero-order valence-electron chi connectivity index (χ0n) is 17.4. The number of rotatable bonds is 7. The van der Waals surface area contributed by atoms with E-state index in [0.29, 0.717) is 27.6 Å². The first-order chi connectivity index (χ1) is 15.6. The van der Waals surface area contributed by atoms with Gasteiger partial charge >= 0.3 is 5.97 Å². The van der Waals surface area contributed by atoms with E-state index in [1.54, 1.807) is 6.20 Å². The van der Waals surface area contributed by atoms with E-state index < -0.39 is 5.97 Å². The molecule has 0 radical (unpaired) electrons. The van der Waals surface area contributed by atoms with E-state index in [9.17, 15) is 4.79 Å². The molecule has 0 fully saturated rings. The topological polar surface area (TPSA) is 136 Å². The maximum absolute atomic E-state index is 12.2. The first kappa shape index (κ1) is 21.0. The summed E-state index contributed by atoms with van der Waals surface area (Å²) < 4.78 is 6.21. The van der Waals surface area contributed by atoms with Crippen molar-refractivity contribution in [2.24, 2.45) is 10.2 Å². The predicted molar refractivity (Wildman–Crippen MR) is 119 cm³/mol. The number of esters is 1. The highest BCUT2D eigenvalue weighted by Crippen LogP contribution is 2.39. The standard InChI is InChI=1S/C19H18N10O2S/c1-28(2)19-25-15(24-13-6-4-5-7-21-13)17(32-19)27-26-16-12(18(30)31-3)10-23-29(16)14-11-20-8-9-22-14/h4-11H,1-3H3,(H,21,24). The van der Waals surface area contributed by atoms with Crippen molar-refractivity contribution in [1.82, 2.24) is 29.7 Å². The summed E-state index contributed by atoms with van der Waals surface area (Å²) in [5, 5.41) is 17.2. The third kappa shape index (κ3) is 4.41. The number of methoxy groups -OCH3 is 1. The molecule has 0 aliphatic carbocycles. The molecule has 0 saturated heterocycles. The van der Waals surface area contributed by atoms with E-state index in [1.807, 2.05) is 37.2 Å². The van der Waals surface area contributed by atoms with Crippen molar-refractivity contribution in [3.8, 4) is 5.82 Å². The molecular formula is C19H18N10O2S. The normalized spacial score (nSPS) is 11.0. The Morgan fingerprint density at radius 2 is 2.03 bits per heavy atom. The maximum Gasteiger partial charge on any atom is 0.343 e. The van der Waals surface area contributed by atoms with Crippen LogP contribution in [0.1, 0.15) is 10.4 Å². The van der Waals surface area contributed by atoms with Crippen LogP contribution in [0.5, 0.6) is 0 Å². The van der Waals surface area contributed by atoms with Crippen molar-refractivity contribution in [1.29, 1.82) is 0 Å². The molecule has 162 valence electrons. The number of azo groups is 1. The van der Waals surface area contributed by atoms with Crippen LogP contribution in [0.3, 0.4) is 0 Å². The highest BCUT2D eigenvalue weighted by atomic mass is 32.1. The van der Waals surface area contributed by atoms with Gasteiger partial charge in [0, 0.05) is 32.7 Å². The lowest BCUT2D eigenvalue weighted by Gasteiger charge is -2.05. The Balaban J connectivity index is 1.76. The van der Waals surface area contributed by atoms with Gasteiger partial charge in [-0.2, -0.15) is 9.78 Å². The largest absolute Gasteiger partial charge is 0.465 e. The Morgan fingerprint density at radius 3 is 2.72 bits per heavy atom. The van der Waals surface area contributed by atoms with Crippen LogP contribution in [0, 0.1) is 0 Å². The fourth-order valence-corrected chi connectivity index (χ4v) is 3.32. The fourth-order valence-electron chi connectivity index (χ4n) is 2.55. The number of nitrogens with one attached hydrogen (secondary N) is 1. The first-order valence-electron chi connectivity index (χ1n) is 9.27. The first-order valence-corrected chi connectivity index (χ1v) is 10.1. The number of aromatic nitrogens is 6. The summed E-state index contributed by atoms with van der Waals surface area (Å²) in [4.78, 5) is 31.2. The molecule has 0 unspecified atom stereocenters. The molecule has 0 bridgehead atoms. The molecule has 4 rings (SSSR count). The highest BCUT2D eigenvalue weighted by molar-refractivity contribution is 7.19. The molecule has 0 atom stereocenters. The minimum atomic E-state index is -0.598. The number of hydrogen-bond donors (Lipinski definition) is 1. The summed E-state index contributed by atoms with van der Waals surface area (Å²) in [6.45, 7) is 0. The summed E-state index contributed by atoms with van der Waals surface area (Å²) in [7, 11) is 5.04. The highest BCUT2D eigenvalue weighted by Gasteiger charge is 2.21. The molecule has 32 heavy (non-hydrogen) atoms. The van der Waals surface area contributed by atoms with E-state index in [4.69, 9.17) is 4.74 Å². The van der Waals surface area contributed by atoms with Crippen molar-refractivity contribution in [3.63, 3.8) is 0 Å². The number of hydrogen-bond acceptors (Lipinski definition) is 12. The summed E-state index contributed by atoms with van der Waals surface area (Å²) >= 11 is 1.32. The molecule has 0 saturated carbocycles.